The summed E-state index contributed by atoms with van der Waals surface area (Å²) in [6.07, 6.45) is 8.91. The number of rotatable bonds is 2. The standard InChI is InChI=1S/C9H13NO/c1-2-8-4-3-5-9(6-8)7-10-11/h2,6-8,11H,1,3-5H2. The van der Waals surface area contributed by atoms with Gasteiger partial charge in [0.2, 0.25) is 0 Å². The van der Waals surface area contributed by atoms with Gasteiger partial charge in [-0.1, -0.05) is 17.3 Å². The van der Waals surface area contributed by atoms with Gasteiger partial charge in [-0.05, 0) is 30.8 Å². The second-order valence-corrected chi connectivity index (χ2v) is 2.78. The third-order valence-electron chi connectivity index (χ3n) is 1.96. The van der Waals surface area contributed by atoms with E-state index in [0.717, 1.165) is 18.4 Å². The molecule has 2 nitrogen and oxygen atoms in total. The van der Waals surface area contributed by atoms with Crippen molar-refractivity contribution in [3.8, 4) is 0 Å². The lowest BCUT2D eigenvalue weighted by Gasteiger charge is -2.14. The van der Waals surface area contributed by atoms with E-state index in [2.05, 4.69) is 17.8 Å². The predicted molar refractivity (Wildman–Crippen MR) is 45.9 cm³/mol. The number of oxime groups is 1. The zero-order valence-electron chi connectivity index (χ0n) is 6.53. The van der Waals surface area contributed by atoms with E-state index < -0.39 is 0 Å². The smallest absolute Gasteiger partial charge is 0.0690 e. The van der Waals surface area contributed by atoms with Crippen LogP contribution in [0, 0.1) is 5.92 Å². The van der Waals surface area contributed by atoms with E-state index in [1.807, 2.05) is 6.08 Å². The SMILES string of the molecule is C=CC1C=C(C=NO)CCC1. The second kappa shape index (κ2) is 3.96. The lowest BCUT2D eigenvalue weighted by Crippen LogP contribution is -2.02. The van der Waals surface area contributed by atoms with Gasteiger partial charge < -0.3 is 5.21 Å². The van der Waals surface area contributed by atoms with Crippen LogP contribution in [-0.4, -0.2) is 11.4 Å². The first-order valence-corrected chi connectivity index (χ1v) is 3.87. The molecule has 0 amide bonds. The first-order valence-electron chi connectivity index (χ1n) is 3.87. The fraction of sp³-hybridized carbons (Fsp3) is 0.444. The lowest BCUT2D eigenvalue weighted by molar-refractivity contribution is 0.321. The number of nitrogens with zero attached hydrogens (tertiary/aromatic N) is 1. The average Bonchev–Trinajstić information content (AvgIpc) is 2.06. The highest BCUT2D eigenvalue weighted by Gasteiger charge is 2.08. The molecule has 0 bridgehead atoms. The Bertz CT molecular complexity index is 194. The minimum Gasteiger partial charge on any atom is -0.411 e. The molecule has 1 atom stereocenters. The highest BCUT2D eigenvalue weighted by atomic mass is 16.4. The Balaban J connectivity index is 2.63. The summed E-state index contributed by atoms with van der Waals surface area (Å²) in [5.74, 6) is 0.469. The summed E-state index contributed by atoms with van der Waals surface area (Å²) < 4.78 is 0. The van der Waals surface area contributed by atoms with Crippen molar-refractivity contribution in [2.24, 2.45) is 11.1 Å². The normalized spacial score (nSPS) is 25.1. The van der Waals surface area contributed by atoms with Crippen molar-refractivity contribution in [3.63, 3.8) is 0 Å². The zero-order valence-corrected chi connectivity index (χ0v) is 6.53. The van der Waals surface area contributed by atoms with Crippen molar-refractivity contribution in [1.29, 1.82) is 0 Å². The maximum absolute atomic E-state index is 8.28. The van der Waals surface area contributed by atoms with E-state index in [1.54, 1.807) is 0 Å². The Labute approximate surface area is 66.9 Å². The molecular formula is C9H13NO. The van der Waals surface area contributed by atoms with E-state index in [4.69, 9.17) is 5.21 Å². The van der Waals surface area contributed by atoms with Crippen molar-refractivity contribution < 1.29 is 5.21 Å². The molecule has 0 saturated carbocycles. The van der Waals surface area contributed by atoms with Crippen LogP contribution in [0.3, 0.4) is 0 Å². The molecule has 1 unspecified atom stereocenters. The third-order valence-corrected chi connectivity index (χ3v) is 1.96. The Kier molecular flexibility index (Phi) is 2.90. The molecule has 0 aromatic carbocycles. The topological polar surface area (TPSA) is 32.6 Å². The molecule has 11 heavy (non-hydrogen) atoms. The molecule has 1 aliphatic carbocycles. The molecule has 60 valence electrons. The van der Waals surface area contributed by atoms with Crippen LogP contribution in [0.1, 0.15) is 19.3 Å². The van der Waals surface area contributed by atoms with Crippen LogP contribution in [0.5, 0.6) is 0 Å². The lowest BCUT2D eigenvalue weighted by atomic mass is 9.91. The van der Waals surface area contributed by atoms with Crippen molar-refractivity contribution in [2.75, 3.05) is 0 Å². The Morgan fingerprint density at radius 2 is 2.55 bits per heavy atom. The van der Waals surface area contributed by atoms with Crippen LogP contribution in [0.2, 0.25) is 0 Å². The Morgan fingerprint density at radius 1 is 1.73 bits per heavy atom. The summed E-state index contributed by atoms with van der Waals surface area (Å²) >= 11 is 0. The van der Waals surface area contributed by atoms with E-state index in [-0.39, 0.29) is 0 Å². The molecule has 0 aliphatic heterocycles. The zero-order chi connectivity index (χ0) is 8.10. The van der Waals surface area contributed by atoms with Gasteiger partial charge in [0, 0.05) is 0 Å². The molecule has 0 aromatic heterocycles. The summed E-state index contributed by atoms with van der Waals surface area (Å²) in [5.41, 5.74) is 1.11. The van der Waals surface area contributed by atoms with Crippen molar-refractivity contribution >= 4 is 6.21 Å². The summed E-state index contributed by atoms with van der Waals surface area (Å²) in [6.45, 7) is 3.73. The fourth-order valence-corrected chi connectivity index (χ4v) is 1.35. The second-order valence-electron chi connectivity index (χ2n) is 2.78. The van der Waals surface area contributed by atoms with Gasteiger partial charge in [-0.2, -0.15) is 0 Å². The van der Waals surface area contributed by atoms with Gasteiger partial charge in [0.15, 0.2) is 0 Å². The van der Waals surface area contributed by atoms with E-state index >= 15 is 0 Å². The molecule has 1 rings (SSSR count). The average molecular weight is 151 g/mol. The summed E-state index contributed by atoms with van der Waals surface area (Å²) in [6, 6.07) is 0. The minimum atomic E-state index is 0.469. The van der Waals surface area contributed by atoms with Gasteiger partial charge in [-0.25, -0.2) is 0 Å². The van der Waals surface area contributed by atoms with Crippen LogP contribution < -0.4 is 0 Å². The van der Waals surface area contributed by atoms with Gasteiger partial charge in [0.25, 0.3) is 0 Å². The van der Waals surface area contributed by atoms with Crippen LogP contribution in [0.15, 0.2) is 29.5 Å². The molecule has 0 aromatic rings. The molecule has 1 aliphatic rings. The highest BCUT2D eigenvalue weighted by molar-refractivity contribution is 5.78. The van der Waals surface area contributed by atoms with Crippen molar-refractivity contribution in [3.05, 3.63) is 24.3 Å². The van der Waals surface area contributed by atoms with Crippen LogP contribution >= 0.6 is 0 Å². The summed E-state index contributed by atoms with van der Waals surface area (Å²) in [4.78, 5) is 0. The predicted octanol–water partition coefficient (Wildman–Crippen LogP) is 2.36. The highest BCUT2D eigenvalue weighted by Crippen LogP contribution is 2.22. The number of allylic oxidation sites excluding steroid dienone is 3. The molecule has 0 saturated heterocycles. The van der Waals surface area contributed by atoms with Crippen molar-refractivity contribution in [2.45, 2.75) is 19.3 Å². The van der Waals surface area contributed by atoms with Crippen LogP contribution in [0.25, 0.3) is 0 Å². The van der Waals surface area contributed by atoms with Crippen LogP contribution in [-0.2, 0) is 0 Å². The van der Waals surface area contributed by atoms with Gasteiger partial charge in [-0.3, -0.25) is 0 Å². The molecule has 0 spiro atoms. The monoisotopic (exact) mass is 151 g/mol. The third kappa shape index (κ3) is 2.22. The maximum Gasteiger partial charge on any atom is 0.0690 e. The van der Waals surface area contributed by atoms with Gasteiger partial charge in [0.05, 0.1) is 6.21 Å². The molecule has 1 N–H and O–H groups in total. The van der Waals surface area contributed by atoms with Gasteiger partial charge >= 0.3 is 0 Å². The molecule has 2 heteroatoms. The summed E-state index contributed by atoms with van der Waals surface area (Å²) in [7, 11) is 0. The molecular weight excluding hydrogens is 138 g/mol. The quantitative estimate of drug-likeness (QED) is 0.279. The van der Waals surface area contributed by atoms with Crippen LogP contribution in [0.4, 0.5) is 0 Å². The minimum absolute atomic E-state index is 0.469. The fourth-order valence-electron chi connectivity index (χ4n) is 1.35. The largest absolute Gasteiger partial charge is 0.411 e. The Hall–Kier alpha value is -1.05. The van der Waals surface area contributed by atoms with Crippen molar-refractivity contribution in [1.82, 2.24) is 0 Å². The van der Waals surface area contributed by atoms with E-state index in [9.17, 15) is 0 Å². The van der Waals surface area contributed by atoms with Gasteiger partial charge in [-0.15, -0.1) is 6.58 Å². The molecule has 0 heterocycles. The number of hydrogen-bond acceptors (Lipinski definition) is 2. The summed E-state index contributed by atoms with van der Waals surface area (Å²) in [5, 5.41) is 11.3. The first kappa shape index (κ1) is 8.05. The van der Waals surface area contributed by atoms with Gasteiger partial charge in [0.1, 0.15) is 0 Å². The van der Waals surface area contributed by atoms with E-state index in [0.29, 0.717) is 5.92 Å². The molecule has 0 fully saturated rings. The van der Waals surface area contributed by atoms with E-state index in [1.165, 1.54) is 12.6 Å². The number of hydrogen-bond donors (Lipinski definition) is 1. The maximum atomic E-state index is 8.28. The first-order chi connectivity index (χ1) is 5.36. The molecule has 0 radical (unpaired) electrons. The Morgan fingerprint density at radius 3 is 3.18 bits per heavy atom.